The Morgan fingerprint density at radius 1 is 1.50 bits per heavy atom. The van der Waals surface area contributed by atoms with Crippen LogP contribution in [0.3, 0.4) is 0 Å². The normalized spacial score (nSPS) is 11.3. The van der Waals surface area contributed by atoms with Crippen LogP contribution in [-0.2, 0) is 20.0 Å². The summed E-state index contributed by atoms with van der Waals surface area (Å²) in [7, 11) is 5.76. The summed E-state index contributed by atoms with van der Waals surface area (Å²) in [5.41, 5.74) is 1.13. The van der Waals surface area contributed by atoms with Crippen molar-refractivity contribution in [1.82, 2.24) is 24.9 Å². The molecule has 0 unspecified atom stereocenters. The SMILES string of the molecule is CN=C(NCCCc1nc(C)no1)N(C)Cc1cc(Cl)cn1C.I. The fourth-order valence-electron chi connectivity index (χ4n) is 2.31. The second-order valence-corrected chi connectivity index (χ2v) is 5.87. The number of rotatable bonds is 6. The van der Waals surface area contributed by atoms with Gasteiger partial charge < -0.3 is 19.3 Å². The predicted molar refractivity (Wildman–Crippen MR) is 106 cm³/mol. The summed E-state index contributed by atoms with van der Waals surface area (Å²) >= 11 is 6.02. The van der Waals surface area contributed by atoms with Crippen LogP contribution in [0.15, 0.2) is 21.8 Å². The van der Waals surface area contributed by atoms with Gasteiger partial charge >= 0.3 is 0 Å². The molecule has 0 aliphatic rings. The fraction of sp³-hybridized carbons (Fsp3) is 0.533. The molecule has 2 heterocycles. The summed E-state index contributed by atoms with van der Waals surface area (Å²) in [5.74, 6) is 2.18. The van der Waals surface area contributed by atoms with Gasteiger partial charge in [0.15, 0.2) is 11.8 Å². The van der Waals surface area contributed by atoms with E-state index in [0.717, 1.165) is 42.6 Å². The first-order valence-corrected chi connectivity index (χ1v) is 7.89. The van der Waals surface area contributed by atoms with E-state index in [0.29, 0.717) is 11.7 Å². The number of halogens is 2. The van der Waals surface area contributed by atoms with E-state index in [9.17, 15) is 0 Å². The third-order valence-corrected chi connectivity index (χ3v) is 3.67. The molecule has 9 heteroatoms. The molecule has 0 aliphatic carbocycles. The highest BCUT2D eigenvalue weighted by Gasteiger charge is 2.10. The summed E-state index contributed by atoms with van der Waals surface area (Å²) in [6.45, 7) is 3.33. The number of hydrogen-bond acceptors (Lipinski definition) is 4. The lowest BCUT2D eigenvalue weighted by molar-refractivity contribution is 0.371. The molecule has 0 amide bonds. The van der Waals surface area contributed by atoms with Crippen LogP contribution in [0, 0.1) is 6.92 Å². The van der Waals surface area contributed by atoms with Crippen molar-refractivity contribution in [3.8, 4) is 0 Å². The van der Waals surface area contributed by atoms with Crippen molar-refractivity contribution in [3.05, 3.63) is 34.7 Å². The maximum atomic E-state index is 6.02. The van der Waals surface area contributed by atoms with E-state index in [1.54, 1.807) is 7.05 Å². The summed E-state index contributed by atoms with van der Waals surface area (Å²) < 4.78 is 7.11. The van der Waals surface area contributed by atoms with E-state index in [1.165, 1.54) is 0 Å². The number of aromatic nitrogens is 3. The van der Waals surface area contributed by atoms with Crippen molar-refractivity contribution in [2.75, 3.05) is 20.6 Å². The van der Waals surface area contributed by atoms with Crippen molar-refractivity contribution in [2.45, 2.75) is 26.3 Å². The lowest BCUT2D eigenvalue weighted by Crippen LogP contribution is -2.39. The predicted octanol–water partition coefficient (Wildman–Crippen LogP) is 2.63. The van der Waals surface area contributed by atoms with Gasteiger partial charge in [-0.3, -0.25) is 4.99 Å². The van der Waals surface area contributed by atoms with Gasteiger partial charge in [-0.05, 0) is 19.4 Å². The van der Waals surface area contributed by atoms with E-state index in [4.69, 9.17) is 16.1 Å². The molecular weight excluding hydrogens is 443 g/mol. The molecule has 2 rings (SSSR count). The zero-order valence-electron chi connectivity index (χ0n) is 14.4. The van der Waals surface area contributed by atoms with E-state index in [1.807, 2.05) is 37.8 Å². The number of nitrogens with zero attached hydrogens (tertiary/aromatic N) is 5. The number of aliphatic imine (C=N–C) groups is 1. The Morgan fingerprint density at radius 3 is 2.79 bits per heavy atom. The summed E-state index contributed by atoms with van der Waals surface area (Å²) in [4.78, 5) is 10.6. The summed E-state index contributed by atoms with van der Waals surface area (Å²) in [5, 5.41) is 7.86. The van der Waals surface area contributed by atoms with Gasteiger partial charge in [0.1, 0.15) is 0 Å². The van der Waals surface area contributed by atoms with Crippen LogP contribution in [-0.4, -0.2) is 46.2 Å². The molecule has 2 aromatic rings. The standard InChI is InChI=1S/C15H23ClN6O.HI/c1-11-19-14(23-20-11)6-5-7-18-15(17-2)22(4)10-13-8-12(16)9-21(13)3;/h8-9H,5-7,10H2,1-4H3,(H,17,18);1H. The molecule has 1 N–H and O–H groups in total. The Bertz CT molecular complexity index is 669. The molecule has 0 spiro atoms. The largest absolute Gasteiger partial charge is 0.356 e. The van der Waals surface area contributed by atoms with Gasteiger partial charge in [-0.25, -0.2) is 0 Å². The second kappa shape index (κ2) is 9.87. The zero-order valence-corrected chi connectivity index (χ0v) is 17.5. The number of hydrogen-bond donors (Lipinski definition) is 1. The van der Waals surface area contributed by atoms with Crippen LogP contribution in [0.4, 0.5) is 0 Å². The van der Waals surface area contributed by atoms with Gasteiger partial charge in [0, 0.05) is 46.0 Å². The maximum absolute atomic E-state index is 6.02. The minimum absolute atomic E-state index is 0. The van der Waals surface area contributed by atoms with E-state index in [-0.39, 0.29) is 24.0 Å². The van der Waals surface area contributed by atoms with Gasteiger partial charge in [-0.15, -0.1) is 24.0 Å². The van der Waals surface area contributed by atoms with E-state index < -0.39 is 0 Å². The molecule has 24 heavy (non-hydrogen) atoms. The third kappa shape index (κ3) is 5.97. The first kappa shape index (κ1) is 20.8. The van der Waals surface area contributed by atoms with Gasteiger partial charge in [-0.1, -0.05) is 16.8 Å². The smallest absolute Gasteiger partial charge is 0.226 e. The molecule has 0 saturated carbocycles. The molecule has 7 nitrogen and oxygen atoms in total. The van der Waals surface area contributed by atoms with Crippen LogP contribution in [0.1, 0.15) is 23.8 Å². The Morgan fingerprint density at radius 2 is 2.25 bits per heavy atom. The fourth-order valence-corrected chi connectivity index (χ4v) is 2.58. The average Bonchev–Trinajstić information content (AvgIpc) is 3.04. The van der Waals surface area contributed by atoms with E-state index in [2.05, 4.69) is 25.3 Å². The first-order valence-electron chi connectivity index (χ1n) is 7.51. The third-order valence-electron chi connectivity index (χ3n) is 3.47. The van der Waals surface area contributed by atoms with Gasteiger partial charge in [0.2, 0.25) is 5.89 Å². The van der Waals surface area contributed by atoms with Gasteiger partial charge in [-0.2, -0.15) is 4.98 Å². The molecule has 0 aliphatic heterocycles. The molecule has 0 atom stereocenters. The number of aryl methyl sites for hydroxylation is 3. The average molecular weight is 467 g/mol. The van der Waals surface area contributed by atoms with Crippen molar-refractivity contribution >= 4 is 41.5 Å². The molecule has 0 aromatic carbocycles. The summed E-state index contributed by atoms with van der Waals surface area (Å²) in [6.07, 6.45) is 3.54. The molecule has 0 radical (unpaired) electrons. The molecule has 0 saturated heterocycles. The molecule has 134 valence electrons. The minimum Gasteiger partial charge on any atom is -0.356 e. The van der Waals surface area contributed by atoms with Crippen molar-refractivity contribution in [2.24, 2.45) is 12.0 Å². The Hall–Kier alpha value is -1.29. The Labute approximate surface area is 164 Å². The highest BCUT2D eigenvalue weighted by Crippen LogP contribution is 2.14. The first-order chi connectivity index (χ1) is 11.0. The molecule has 0 bridgehead atoms. The molecule has 0 fully saturated rings. The highest BCUT2D eigenvalue weighted by molar-refractivity contribution is 14.0. The lowest BCUT2D eigenvalue weighted by atomic mass is 10.3. The van der Waals surface area contributed by atoms with Crippen molar-refractivity contribution in [1.29, 1.82) is 0 Å². The van der Waals surface area contributed by atoms with Crippen LogP contribution in [0.2, 0.25) is 5.02 Å². The van der Waals surface area contributed by atoms with Crippen LogP contribution in [0.25, 0.3) is 0 Å². The summed E-state index contributed by atoms with van der Waals surface area (Å²) in [6, 6.07) is 1.96. The van der Waals surface area contributed by atoms with Crippen molar-refractivity contribution in [3.63, 3.8) is 0 Å². The zero-order chi connectivity index (χ0) is 16.8. The lowest BCUT2D eigenvalue weighted by Gasteiger charge is -2.22. The van der Waals surface area contributed by atoms with Gasteiger partial charge in [0.05, 0.1) is 11.6 Å². The maximum Gasteiger partial charge on any atom is 0.226 e. The van der Waals surface area contributed by atoms with E-state index >= 15 is 0 Å². The topological polar surface area (TPSA) is 71.5 Å². The molecular formula is C15H24ClIN6O. The minimum atomic E-state index is 0. The highest BCUT2D eigenvalue weighted by atomic mass is 127. The Kier molecular flexibility index (Phi) is 8.54. The second-order valence-electron chi connectivity index (χ2n) is 5.43. The van der Waals surface area contributed by atoms with Crippen LogP contribution in [0.5, 0.6) is 0 Å². The number of guanidine groups is 1. The monoisotopic (exact) mass is 466 g/mol. The van der Waals surface area contributed by atoms with Crippen LogP contribution >= 0.6 is 35.6 Å². The quantitative estimate of drug-likeness (QED) is 0.307. The number of nitrogens with one attached hydrogen (secondary N) is 1. The van der Waals surface area contributed by atoms with Crippen LogP contribution < -0.4 is 5.32 Å². The van der Waals surface area contributed by atoms with Gasteiger partial charge in [0.25, 0.3) is 0 Å². The Balaban J connectivity index is 0.00000288. The van der Waals surface area contributed by atoms with Crippen molar-refractivity contribution < 1.29 is 4.52 Å². The molecule has 2 aromatic heterocycles.